The zero-order chi connectivity index (χ0) is 14.7. The molecule has 4 nitrogen and oxygen atoms in total. The molecule has 1 fully saturated rings. The highest BCUT2D eigenvalue weighted by atomic mass is 32.2. The topological polar surface area (TPSA) is 38.8 Å². The van der Waals surface area contributed by atoms with Gasteiger partial charge in [0.25, 0.3) is 0 Å². The number of nitrogens with zero attached hydrogens (tertiary/aromatic N) is 1. The Morgan fingerprint density at radius 3 is 2.70 bits per heavy atom. The first kappa shape index (κ1) is 15.0. The first-order chi connectivity index (χ1) is 9.56. The molecule has 5 heteroatoms. The summed E-state index contributed by atoms with van der Waals surface area (Å²) in [5.74, 6) is 2.74. The van der Waals surface area contributed by atoms with E-state index in [4.69, 9.17) is 9.47 Å². The number of benzene rings is 1. The van der Waals surface area contributed by atoms with Crippen LogP contribution in [0.3, 0.4) is 0 Å². The molecule has 1 aliphatic rings. The van der Waals surface area contributed by atoms with Crippen LogP contribution >= 0.6 is 11.8 Å². The van der Waals surface area contributed by atoms with Crippen molar-refractivity contribution in [2.24, 2.45) is 5.92 Å². The summed E-state index contributed by atoms with van der Waals surface area (Å²) in [4.78, 5) is 14.0. The van der Waals surface area contributed by atoms with Gasteiger partial charge in [-0.1, -0.05) is 13.8 Å². The molecule has 1 heterocycles. The number of carbonyl (C=O) groups excluding carboxylic acids is 1. The standard InChI is InChI=1S/C15H21NO3S/c1-10(2)8-16-14(17)9-20-15(16)12-7-11(18-3)5-6-13(12)19-4/h5-7,10,15H,8-9H2,1-4H3. The van der Waals surface area contributed by atoms with Crippen LogP contribution in [0.2, 0.25) is 0 Å². The highest BCUT2D eigenvalue weighted by Crippen LogP contribution is 2.43. The summed E-state index contributed by atoms with van der Waals surface area (Å²) in [6, 6.07) is 5.73. The third-order valence-corrected chi connectivity index (χ3v) is 4.47. The number of ether oxygens (including phenoxy) is 2. The van der Waals surface area contributed by atoms with Crippen LogP contribution in [0.25, 0.3) is 0 Å². The maximum absolute atomic E-state index is 12.1. The van der Waals surface area contributed by atoms with Gasteiger partial charge in [0.05, 0.1) is 20.0 Å². The minimum Gasteiger partial charge on any atom is -0.497 e. The van der Waals surface area contributed by atoms with Gasteiger partial charge in [-0.15, -0.1) is 11.8 Å². The Balaban J connectivity index is 2.35. The van der Waals surface area contributed by atoms with Crippen LogP contribution in [0.4, 0.5) is 0 Å². The number of methoxy groups -OCH3 is 2. The van der Waals surface area contributed by atoms with Crippen LogP contribution in [-0.2, 0) is 4.79 Å². The fourth-order valence-corrected chi connectivity index (χ4v) is 3.55. The number of carbonyl (C=O) groups is 1. The first-order valence-electron chi connectivity index (χ1n) is 6.69. The lowest BCUT2D eigenvalue weighted by Gasteiger charge is -2.27. The van der Waals surface area contributed by atoms with Crippen molar-refractivity contribution in [3.63, 3.8) is 0 Å². The lowest BCUT2D eigenvalue weighted by atomic mass is 10.1. The molecule has 1 aromatic rings. The Morgan fingerprint density at radius 1 is 1.35 bits per heavy atom. The minimum absolute atomic E-state index is 0.00921. The summed E-state index contributed by atoms with van der Waals surface area (Å²) in [7, 11) is 3.30. The van der Waals surface area contributed by atoms with Crippen molar-refractivity contribution in [1.82, 2.24) is 4.90 Å². The fourth-order valence-electron chi connectivity index (χ4n) is 2.33. The zero-order valence-corrected chi connectivity index (χ0v) is 13.2. The first-order valence-corrected chi connectivity index (χ1v) is 7.74. The molecule has 0 N–H and O–H groups in total. The van der Waals surface area contributed by atoms with E-state index in [2.05, 4.69) is 13.8 Å². The molecule has 2 rings (SSSR count). The van der Waals surface area contributed by atoms with Gasteiger partial charge in [0.15, 0.2) is 0 Å². The lowest BCUT2D eigenvalue weighted by molar-refractivity contribution is -0.128. The van der Waals surface area contributed by atoms with Crippen molar-refractivity contribution in [2.75, 3.05) is 26.5 Å². The average molecular weight is 295 g/mol. The van der Waals surface area contributed by atoms with Crippen LogP contribution < -0.4 is 9.47 Å². The van der Waals surface area contributed by atoms with Gasteiger partial charge < -0.3 is 14.4 Å². The van der Waals surface area contributed by atoms with Crippen molar-refractivity contribution in [2.45, 2.75) is 19.2 Å². The van der Waals surface area contributed by atoms with E-state index >= 15 is 0 Å². The van der Waals surface area contributed by atoms with Gasteiger partial charge in [0.2, 0.25) is 5.91 Å². The van der Waals surface area contributed by atoms with Crippen LogP contribution in [0.15, 0.2) is 18.2 Å². The fraction of sp³-hybridized carbons (Fsp3) is 0.533. The third-order valence-electron chi connectivity index (χ3n) is 3.23. The van der Waals surface area contributed by atoms with E-state index in [1.807, 2.05) is 23.1 Å². The lowest BCUT2D eigenvalue weighted by Crippen LogP contribution is -2.31. The summed E-state index contributed by atoms with van der Waals surface area (Å²) in [5, 5.41) is 0.00921. The predicted molar refractivity (Wildman–Crippen MR) is 81.3 cm³/mol. The maximum atomic E-state index is 12.1. The molecule has 1 aliphatic heterocycles. The van der Waals surface area contributed by atoms with E-state index in [-0.39, 0.29) is 11.3 Å². The molecule has 1 saturated heterocycles. The van der Waals surface area contributed by atoms with Gasteiger partial charge >= 0.3 is 0 Å². The molecule has 110 valence electrons. The Hall–Kier alpha value is -1.36. The van der Waals surface area contributed by atoms with E-state index in [1.54, 1.807) is 26.0 Å². The number of thioether (sulfide) groups is 1. The van der Waals surface area contributed by atoms with Gasteiger partial charge in [-0.2, -0.15) is 0 Å². The van der Waals surface area contributed by atoms with E-state index in [1.165, 1.54) is 0 Å². The van der Waals surface area contributed by atoms with Crippen molar-refractivity contribution >= 4 is 17.7 Å². The molecule has 20 heavy (non-hydrogen) atoms. The molecule has 0 radical (unpaired) electrons. The summed E-state index contributed by atoms with van der Waals surface area (Å²) in [6.45, 7) is 5.00. The summed E-state index contributed by atoms with van der Waals surface area (Å²) in [6.07, 6.45) is 0. The molecule has 1 aromatic carbocycles. The number of rotatable bonds is 5. The van der Waals surface area contributed by atoms with Crippen molar-refractivity contribution in [1.29, 1.82) is 0 Å². The van der Waals surface area contributed by atoms with Crippen molar-refractivity contribution in [3.8, 4) is 11.5 Å². The van der Waals surface area contributed by atoms with Gasteiger partial charge in [0.1, 0.15) is 16.9 Å². The summed E-state index contributed by atoms with van der Waals surface area (Å²) in [5.41, 5.74) is 1.00. The molecule has 0 aromatic heterocycles. The Kier molecular flexibility index (Phi) is 4.81. The molecule has 0 spiro atoms. The smallest absolute Gasteiger partial charge is 0.233 e. The average Bonchev–Trinajstić information content (AvgIpc) is 2.79. The summed E-state index contributed by atoms with van der Waals surface area (Å²) >= 11 is 1.64. The monoisotopic (exact) mass is 295 g/mol. The quantitative estimate of drug-likeness (QED) is 0.837. The maximum Gasteiger partial charge on any atom is 0.233 e. The molecule has 1 amide bonds. The van der Waals surface area contributed by atoms with E-state index < -0.39 is 0 Å². The SMILES string of the molecule is COc1ccc(OC)c(C2SCC(=O)N2CC(C)C)c1. The Morgan fingerprint density at radius 2 is 2.10 bits per heavy atom. The number of hydrogen-bond acceptors (Lipinski definition) is 4. The molecule has 0 bridgehead atoms. The van der Waals surface area contributed by atoms with Crippen LogP contribution in [0.5, 0.6) is 11.5 Å². The van der Waals surface area contributed by atoms with Crippen LogP contribution in [0, 0.1) is 5.92 Å². The van der Waals surface area contributed by atoms with Crippen LogP contribution in [-0.4, -0.2) is 37.3 Å². The highest BCUT2D eigenvalue weighted by molar-refractivity contribution is 8.00. The molecular weight excluding hydrogens is 274 g/mol. The Labute approximate surface area is 124 Å². The normalized spacial score (nSPS) is 18.8. The number of hydrogen-bond donors (Lipinski definition) is 0. The number of amides is 1. The Bertz CT molecular complexity index is 490. The third kappa shape index (κ3) is 3.03. The second kappa shape index (κ2) is 6.39. The largest absolute Gasteiger partial charge is 0.497 e. The van der Waals surface area contributed by atoms with E-state index in [9.17, 15) is 4.79 Å². The van der Waals surface area contributed by atoms with E-state index in [0.717, 1.165) is 23.6 Å². The second-order valence-corrected chi connectivity index (χ2v) is 6.28. The van der Waals surface area contributed by atoms with Gasteiger partial charge in [-0.05, 0) is 24.1 Å². The predicted octanol–water partition coefficient (Wildman–Crippen LogP) is 2.93. The van der Waals surface area contributed by atoms with Gasteiger partial charge in [-0.3, -0.25) is 4.79 Å². The van der Waals surface area contributed by atoms with E-state index in [0.29, 0.717) is 11.7 Å². The van der Waals surface area contributed by atoms with Crippen molar-refractivity contribution in [3.05, 3.63) is 23.8 Å². The van der Waals surface area contributed by atoms with Crippen LogP contribution in [0.1, 0.15) is 24.8 Å². The molecule has 1 atom stereocenters. The van der Waals surface area contributed by atoms with Gasteiger partial charge in [-0.25, -0.2) is 0 Å². The molecule has 0 saturated carbocycles. The molecule has 0 aliphatic carbocycles. The highest BCUT2D eigenvalue weighted by Gasteiger charge is 2.34. The second-order valence-electron chi connectivity index (χ2n) is 5.21. The molecule has 1 unspecified atom stereocenters. The summed E-state index contributed by atoms with van der Waals surface area (Å²) < 4.78 is 10.7. The minimum atomic E-state index is 0.00921. The zero-order valence-electron chi connectivity index (χ0n) is 12.4. The van der Waals surface area contributed by atoms with Gasteiger partial charge in [0, 0.05) is 12.1 Å². The molecular formula is C15H21NO3S. The van der Waals surface area contributed by atoms with Crippen molar-refractivity contribution < 1.29 is 14.3 Å².